The smallest absolute Gasteiger partial charge is 0.178 e. The van der Waals surface area contributed by atoms with Crippen LogP contribution in [0.3, 0.4) is 0 Å². The first-order valence-electron chi connectivity index (χ1n) is 6.64. The number of fused-ring (bicyclic) bond motifs is 1. The number of imidazole rings is 1. The molecule has 1 saturated heterocycles. The first kappa shape index (κ1) is 13.7. The predicted octanol–water partition coefficient (Wildman–Crippen LogP) is 3.79. The molecule has 20 heavy (non-hydrogen) atoms. The van der Waals surface area contributed by atoms with Gasteiger partial charge in [-0.2, -0.15) is 0 Å². The van der Waals surface area contributed by atoms with Gasteiger partial charge in [-0.05, 0) is 36.5 Å². The maximum absolute atomic E-state index is 13.8. The highest BCUT2D eigenvalue weighted by Gasteiger charge is 2.29. The van der Waals surface area contributed by atoms with Gasteiger partial charge < -0.3 is 14.3 Å². The molecule has 2 heterocycles. The zero-order chi connectivity index (χ0) is 14.3. The molecule has 1 fully saturated rings. The number of benzene rings is 1. The van der Waals surface area contributed by atoms with E-state index in [1.807, 2.05) is 0 Å². The molecule has 1 aliphatic rings. The molecule has 0 bridgehead atoms. The first-order valence-corrected chi connectivity index (χ1v) is 7.05. The highest BCUT2D eigenvalue weighted by Crippen LogP contribution is 2.33. The van der Waals surface area contributed by atoms with Crippen molar-refractivity contribution in [3.8, 4) is 0 Å². The van der Waals surface area contributed by atoms with Gasteiger partial charge in [-0.25, -0.2) is 8.78 Å². The number of aromatic amines is 1. The van der Waals surface area contributed by atoms with Gasteiger partial charge in [0.2, 0.25) is 0 Å². The fourth-order valence-electron chi connectivity index (χ4n) is 2.74. The van der Waals surface area contributed by atoms with Crippen molar-refractivity contribution in [2.75, 3.05) is 13.2 Å². The summed E-state index contributed by atoms with van der Waals surface area (Å²) < 4.78 is 34.8. The maximum atomic E-state index is 13.8. The van der Waals surface area contributed by atoms with E-state index >= 15 is 0 Å². The van der Waals surface area contributed by atoms with Gasteiger partial charge in [-0.3, -0.25) is 0 Å². The Labute approximate surface area is 120 Å². The summed E-state index contributed by atoms with van der Waals surface area (Å²) in [5.41, 5.74) is 0.793. The van der Waals surface area contributed by atoms with Crippen molar-refractivity contribution >= 4 is 23.3 Å². The van der Waals surface area contributed by atoms with E-state index in [2.05, 4.69) is 11.9 Å². The Balaban J connectivity index is 2.07. The van der Waals surface area contributed by atoms with Gasteiger partial charge in [0.05, 0.1) is 5.52 Å². The van der Waals surface area contributed by atoms with Crippen molar-refractivity contribution < 1.29 is 13.5 Å². The van der Waals surface area contributed by atoms with Crippen LogP contribution in [0.4, 0.5) is 8.78 Å². The van der Waals surface area contributed by atoms with Crippen molar-refractivity contribution in [1.82, 2.24) is 9.55 Å². The first-order chi connectivity index (χ1) is 9.48. The van der Waals surface area contributed by atoms with Gasteiger partial charge >= 0.3 is 0 Å². The number of nitrogens with zero attached hydrogens (tertiary/aromatic N) is 1. The number of H-pyrrole nitrogens is 1. The van der Waals surface area contributed by atoms with E-state index in [0.29, 0.717) is 16.8 Å². The monoisotopic (exact) mass is 298 g/mol. The molecule has 6 heteroatoms. The van der Waals surface area contributed by atoms with Crippen LogP contribution in [0.15, 0.2) is 12.1 Å². The standard InChI is InChI=1S/C14H16F2N2OS/c1-14(2-4-19-5-3-14)8-18-11-7-9(15)6-10(16)12(11)17-13(18)20/h6-7H,2-5,8H2,1H3,(H,17,20). The minimum Gasteiger partial charge on any atom is -0.381 e. The molecule has 0 saturated carbocycles. The van der Waals surface area contributed by atoms with E-state index in [-0.39, 0.29) is 10.9 Å². The number of halogens is 2. The zero-order valence-corrected chi connectivity index (χ0v) is 12.0. The van der Waals surface area contributed by atoms with Crippen molar-refractivity contribution in [2.45, 2.75) is 26.3 Å². The summed E-state index contributed by atoms with van der Waals surface area (Å²) in [5.74, 6) is -1.20. The van der Waals surface area contributed by atoms with Crippen LogP contribution in [0.1, 0.15) is 19.8 Å². The average molecular weight is 298 g/mol. The van der Waals surface area contributed by atoms with E-state index < -0.39 is 11.6 Å². The van der Waals surface area contributed by atoms with Gasteiger partial charge in [-0.1, -0.05) is 6.92 Å². The van der Waals surface area contributed by atoms with Crippen LogP contribution >= 0.6 is 12.2 Å². The highest BCUT2D eigenvalue weighted by atomic mass is 32.1. The Morgan fingerprint density at radius 3 is 2.75 bits per heavy atom. The molecule has 1 aromatic heterocycles. The molecule has 0 unspecified atom stereocenters. The van der Waals surface area contributed by atoms with Crippen LogP contribution in [-0.2, 0) is 11.3 Å². The molecule has 0 atom stereocenters. The van der Waals surface area contributed by atoms with E-state index in [4.69, 9.17) is 17.0 Å². The molecule has 0 spiro atoms. The number of rotatable bonds is 2. The van der Waals surface area contributed by atoms with Gasteiger partial charge in [0.25, 0.3) is 0 Å². The fraction of sp³-hybridized carbons (Fsp3) is 0.500. The van der Waals surface area contributed by atoms with Gasteiger partial charge in [0.1, 0.15) is 11.3 Å². The van der Waals surface area contributed by atoms with E-state index in [9.17, 15) is 8.78 Å². The maximum Gasteiger partial charge on any atom is 0.178 e. The quantitative estimate of drug-likeness (QED) is 0.855. The van der Waals surface area contributed by atoms with Crippen molar-refractivity contribution in [2.24, 2.45) is 5.41 Å². The summed E-state index contributed by atoms with van der Waals surface area (Å²) >= 11 is 5.26. The zero-order valence-electron chi connectivity index (χ0n) is 11.2. The summed E-state index contributed by atoms with van der Waals surface area (Å²) in [6, 6.07) is 2.20. The lowest BCUT2D eigenvalue weighted by Crippen LogP contribution is -2.31. The van der Waals surface area contributed by atoms with Gasteiger partial charge in [0, 0.05) is 25.8 Å². The fourth-order valence-corrected chi connectivity index (χ4v) is 3.01. The molecule has 1 aliphatic heterocycles. The number of hydrogen-bond acceptors (Lipinski definition) is 2. The SMILES string of the molecule is CC1(Cn2c(=S)[nH]c3c(F)cc(F)cc32)CCOCC1. The van der Waals surface area contributed by atoms with Crippen LogP contribution in [0.2, 0.25) is 0 Å². The third-order valence-corrected chi connectivity index (χ3v) is 4.36. The van der Waals surface area contributed by atoms with Crippen LogP contribution in [0.5, 0.6) is 0 Å². The molecular weight excluding hydrogens is 282 g/mol. The topological polar surface area (TPSA) is 29.9 Å². The Bertz CT molecular complexity index is 701. The molecule has 3 nitrogen and oxygen atoms in total. The van der Waals surface area contributed by atoms with Gasteiger partial charge in [-0.15, -0.1) is 0 Å². The van der Waals surface area contributed by atoms with Crippen molar-refractivity contribution in [1.29, 1.82) is 0 Å². The summed E-state index contributed by atoms with van der Waals surface area (Å²) in [6.07, 6.45) is 1.83. The second-order valence-electron chi connectivity index (χ2n) is 5.72. The summed E-state index contributed by atoms with van der Waals surface area (Å²) in [4.78, 5) is 2.83. The molecule has 0 aliphatic carbocycles. The highest BCUT2D eigenvalue weighted by molar-refractivity contribution is 7.71. The lowest BCUT2D eigenvalue weighted by atomic mass is 9.82. The van der Waals surface area contributed by atoms with Crippen LogP contribution in [0.25, 0.3) is 11.0 Å². The molecule has 2 aromatic rings. The molecular formula is C14H16F2N2OS. The molecule has 1 N–H and O–H groups in total. The van der Waals surface area contributed by atoms with Crippen LogP contribution in [-0.4, -0.2) is 22.8 Å². The predicted molar refractivity (Wildman–Crippen MR) is 75.2 cm³/mol. The Hall–Kier alpha value is -1.27. The second-order valence-corrected chi connectivity index (χ2v) is 6.11. The minimum absolute atomic E-state index is 0.0361. The molecule has 3 rings (SSSR count). The largest absolute Gasteiger partial charge is 0.381 e. The van der Waals surface area contributed by atoms with E-state index in [0.717, 1.165) is 32.1 Å². The van der Waals surface area contributed by atoms with Crippen LogP contribution < -0.4 is 0 Å². The lowest BCUT2D eigenvalue weighted by Gasteiger charge is -2.33. The normalized spacial score (nSPS) is 18.6. The molecule has 108 valence electrons. The summed E-state index contributed by atoms with van der Waals surface area (Å²) in [7, 11) is 0. The number of nitrogens with one attached hydrogen (secondary N) is 1. The minimum atomic E-state index is -0.609. The summed E-state index contributed by atoms with van der Waals surface area (Å²) in [5, 5.41) is 0. The summed E-state index contributed by atoms with van der Waals surface area (Å²) in [6.45, 7) is 4.23. The van der Waals surface area contributed by atoms with Gasteiger partial charge in [0.15, 0.2) is 10.6 Å². The lowest BCUT2D eigenvalue weighted by molar-refractivity contribution is 0.0158. The van der Waals surface area contributed by atoms with Crippen molar-refractivity contribution in [3.63, 3.8) is 0 Å². The van der Waals surface area contributed by atoms with Crippen LogP contribution in [0, 0.1) is 21.8 Å². The number of hydrogen-bond donors (Lipinski definition) is 1. The Kier molecular flexibility index (Phi) is 3.38. The molecule has 1 aromatic carbocycles. The van der Waals surface area contributed by atoms with Crippen molar-refractivity contribution in [3.05, 3.63) is 28.5 Å². The Morgan fingerprint density at radius 1 is 1.35 bits per heavy atom. The van der Waals surface area contributed by atoms with E-state index in [1.165, 1.54) is 6.07 Å². The van der Waals surface area contributed by atoms with E-state index in [1.54, 1.807) is 4.57 Å². The molecule has 0 radical (unpaired) electrons. The number of aromatic nitrogens is 2. The second kappa shape index (κ2) is 4.93. The average Bonchev–Trinajstić information content (AvgIpc) is 2.68. The third-order valence-electron chi connectivity index (χ3n) is 4.04. The third kappa shape index (κ3) is 2.38. The molecule has 0 amide bonds. The number of ether oxygens (including phenoxy) is 1. The Morgan fingerprint density at radius 2 is 2.05 bits per heavy atom.